The molecule has 1 fully saturated rings. The van der Waals surface area contributed by atoms with Crippen LogP contribution in [0.1, 0.15) is 61.9 Å². The van der Waals surface area contributed by atoms with Gasteiger partial charge in [-0.15, -0.1) is 0 Å². The molecule has 1 aliphatic heterocycles. The third kappa shape index (κ3) is 6.25. The number of pyridine rings is 1. The lowest BCUT2D eigenvalue weighted by atomic mass is 9.93. The molecule has 3 aromatic rings. The fourth-order valence-corrected chi connectivity index (χ4v) is 4.84. The molecule has 1 saturated heterocycles. The summed E-state index contributed by atoms with van der Waals surface area (Å²) in [7, 11) is 1.66. The number of anilines is 1. The van der Waals surface area contributed by atoms with Crippen molar-refractivity contribution in [3.8, 4) is 11.8 Å². The molecule has 4 heterocycles. The van der Waals surface area contributed by atoms with Gasteiger partial charge in [0.1, 0.15) is 16.8 Å². The fourth-order valence-electron chi connectivity index (χ4n) is 4.84. The summed E-state index contributed by atoms with van der Waals surface area (Å²) in [6, 6.07) is 1.82. The Bertz CT molecular complexity index is 1220. The van der Waals surface area contributed by atoms with Crippen LogP contribution in [0.3, 0.4) is 0 Å². The minimum Gasteiger partial charge on any atom is -0.496 e. The van der Waals surface area contributed by atoms with E-state index in [0.717, 1.165) is 55.8 Å². The second-order valence-corrected chi connectivity index (χ2v) is 9.30. The molecule has 1 amide bonds. The number of ether oxygens (including phenoxy) is 2. The first-order chi connectivity index (χ1) is 17.9. The Morgan fingerprint density at radius 2 is 2.11 bits per heavy atom. The number of carbonyl (C=O) groups is 1. The van der Waals surface area contributed by atoms with Crippen molar-refractivity contribution in [3.05, 3.63) is 29.2 Å². The smallest absolute Gasteiger partial charge is 0.412 e. The maximum atomic E-state index is 11.4. The zero-order valence-corrected chi connectivity index (χ0v) is 21.7. The zero-order valence-electron chi connectivity index (χ0n) is 21.7. The minimum absolute atomic E-state index is 0.0289. The van der Waals surface area contributed by atoms with Crippen molar-refractivity contribution in [2.75, 3.05) is 32.1 Å². The summed E-state index contributed by atoms with van der Waals surface area (Å²) in [5.74, 6) is 1.61. The van der Waals surface area contributed by atoms with Crippen LogP contribution in [0.4, 0.5) is 10.6 Å². The topological polar surface area (TPSA) is 162 Å². The molecule has 5 N–H and O–H groups in total. The van der Waals surface area contributed by atoms with Gasteiger partial charge in [0.15, 0.2) is 5.82 Å². The van der Waals surface area contributed by atoms with E-state index in [2.05, 4.69) is 27.5 Å². The van der Waals surface area contributed by atoms with Crippen molar-refractivity contribution in [3.63, 3.8) is 0 Å². The van der Waals surface area contributed by atoms with Gasteiger partial charge >= 0.3 is 12.1 Å². The average Bonchev–Trinajstić information content (AvgIpc) is 3.19. The number of aryl methyl sites for hydroxylation is 1. The maximum absolute atomic E-state index is 11.4. The summed E-state index contributed by atoms with van der Waals surface area (Å²) in [4.78, 5) is 25.0. The van der Waals surface area contributed by atoms with E-state index in [0.29, 0.717) is 41.4 Å². The van der Waals surface area contributed by atoms with Crippen molar-refractivity contribution >= 4 is 22.9 Å². The Balaban J connectivity index is 1.73. The molecule has 37 heavy (non-hydrogen) atoms. The molecule has 0 spiro atoms. The summed E-state index contributed by atoms with van der Waals surface area (Å²) < 4.78 is 12.6. The van der Waals surface area contributed by atoms with Crippen LogP contribution in [0, 0.1) is 6.92 Å². The van der Waals surface area contributed by atoms with E-state index in [1.807, 2.05) is 19.2 Å². The molecule has 0 aromatic carbocycles. The number of primary amides is 1. The molecule has 4 rings (SSSR count). The number of aromatic nitrogens is 5. The van der Waals surface area contributed by atoms with E-state index in [1.54, 1.807) is 11.8 Å². The minimum atomic E-state index is -1.000. The number of carbonyl (C=O) groups excluding carboxylic acids is 1. The van der Waals surface area contributed by atoms with E-state index in [4.69, 9.17) is 25.3 Å². The third-order valence-electron chi connectivity index (χ3n) is 6.64. The summed E-state index contributed by atoms with van der Waals surface area (Å²) in [5, 5.41) is 21.1. The molecule has 1 atom stereocenters. The lowest BCUT2D eigenvalue weighted by Crippen LogP contribution is -2.27. The first-order valence-electron chi connectivity index (χ1n) is 12.8. The van der Waals surface area contributed by atoms with Gasteiger partial charge in [0.25, 0.3) is 0 Å². The number of rotatable bonds is 11. The largest absolute Gasteiger partial charge is 0.496 e. The Morgan fingerprint density at radius 3 is 2.78 bits per heavy atom. The second-order valence-electron chi connectivity index (χ2n) is 9.30. The average molecular weight is 513 g/mol. The molecule has 3 aromatic heterocycles. The molecule has 0 radical (unpaired) electrons. The van der Waals surface area contributed by atoms with E-state index in [9.17, 15) is 9.90 Å². The van der Waals surface area contributed by atoms with Crippen LogP contribution < -0.4 is 25.8 Å². The number of amides is 1. The highest BCUT2D eigenvalue weighted by Gasteiger charge is 2.23. The van der Waals surface area contributed by atoms with Crippen LogP contribution in [0.5, 0.6) is 11.8 Å². The van der Waals surface area contributed by atoms with Gasteiger partial charge in [-0.05, 0) is 45.7 Å². The quantitative estimate of drug-likeness (QED) is 0.300. The van der Waals surface area contributed by atoms with Gasteiger partial charge in [0.2, 0.25) is 0 Å². The van der Waals surface area contributed by atoms with Gasteiger partial charge in [-0.25, -0.2) is 4.79 Å². The van der Waals surface area contributed by atoms with Crippen LogP contribution in [0.15, 0.2) is 12.3 Å². The number of aliphatic hydroxyl groups is 1. The zero-order chi connectivity index (χ0) is 26.4. The van der Waals surface area contributed by atoms with Crippen LogP contribution in [-0.2, 0) is 6.54 Å². The standard InChI is InChI=1S/C25H36N8O4/c1-4-5-18(8-11-34)29-23-22-21(30-25(31-23)37-24(26)35)15(2)32-33(22)14-17-13-28-19(12-20(17)36-3)16-6-9-27-10-7-16/h12-13,16,18,27,34H,4-11,14H2,1-3H3,(H2,26,35)(H,29,30,31). The van der Waals surface area contributed by atoms with Crippen molar-refractivity contribution in [1.82, 2.24) is 30.0 Å². The van der Waals surface area contributed by atoms with Gasteiger partial charge in [0, 0.05) is 42.1 Å². The number of fused-ring (bicyclic) bond motifs is 1. The van der Waals surface area contributed by atoms with E-state index < -0.39 is 6.09 Å². The predicted molar refractivity (Wildman–Crippen MR) is 139 cm³/mol. The van der Waals surface area contributed by atoms with Crippen molar-refractivity contribution < 1.29 is 19.4 Å². The lowest BCUT2D eigenvalue weighted by molar-refractivity contribution is 0.207. The van der Waals surface area contributed by atoms with E-state index >= 15 is 0 Å². The van der Waals surface area contributed by atoms with Gasteiger partial charge in [-0.3, -0.25) is 9.67 Å². The van der Waals surface area contributed by atoms with Crippen molar-refractivity contribution in [2.45, 2.75) is 64.5 Å². The highest BCUT2D eigenvalue weighted by molar-refractivity contribution is 5.88. The highest BCUT2D eigenvalue weighted by atomic mass is 16.6. The number of hydrogen-bond acceptors (Lipinski definition) is 10. The Morgan fingerprint density at radius 1 is 1.32 bits per heavy atom. The number of nitrogens with zero attached hydrogens (tertiary/aromatic N) is 5. The molecule has 1 unspecified atom stereocenters. The molecule has 200 valence electrons. The fraction of sp³-hybridized carbons (Fsp3) is 0.560. The van der Waals surface area contributed by atoms with Crippen LogP contribution in [0.2, 0.25) is 0 Å². The Hall–Kier alpha value is -3.51. The number of piperidine rings is 1. The predicted octanol–water partition coefficient (Wildman–Crippen LogP) is 2.47. The molecule has 1 aliphatic rings. The number of methoxy groups -OCH3 is 1. The van der Waals surface area contributed by atoms with Crippen LogP contribution >= 0.6 is 0 Å². The number of nitrogens with one attached hydrogen (secondary N) is 2. The summed E-state index contributed by atoms with van der Waals surface area (Å²) >= 11 is 0. The molecule has 0 bridgehead atoms. The van der Waals surface area contributed by atoms with Gasteiger partial charge in [0.05, 0.1) is 19.3 Å². The summed E-state index contributed by atoms with van der Waals surface area (Å²) in [6.07, 6.45) is 5.22. The van der Waals surface area contributed by atoms with Gasteiger partial charge in [-0.2, -0.15) is 15.1 Å². The SMILES string of the molecule is CCCC(CCO)Nc1nc(OC(N)=O)nc2c(C)nn(Cc3cnc(C4CCNCC4)cc3OC)c12. The van der Waals surface area contributed by atoms with E-state index in [-0.39, 0.29) is 18.7 Å². The van der Waals surface area contributed by atoms with Gasteiger partial charge < -0.3 is 30.9 Å². The summed E-state index contributed by atoms with van der Waals surface area (Å²) in [5.41, 5.74) is 8.95. The van der Waals surface area contributed by atoms with Crippen molar-refractivity contribution in [1.29, 1.82) is 0 Å². The monoisotopic (exact) mass is 512 g/mol. The molecule has 0 saturated carbocycles. The molecular formula is C25H36N8O4. The highest BCUT2D eigenvalue weighted by Crippen LogP contribution is 2.31. The van der Waals surface area contributed by atoms with Gasteiger partial charge in [-0.1, -0.05) is 13.3 Å². The Kier molecular flexibility index (Phi) is 8.72. The molecule has 0 aliphatic carbocycles. The maximum Gasteiger partial charge on any atom is 0.412 e. The number of hydrogen-bond donors (Lipinski definition) is 4. The van der Waals surface area contributed by atoms with Crippen molar-refractivity contribution in [2.24, 2.45) is 5.73 Å². The lowest BCUT2D eigenvalue weighted by Gasteiger charge is -2.23. The first-order valence-corrected chi connectivity index (χ1v) is 12.8. The number of aliphatic hydroxyl groups excluding tert-OH is 1. The second kappa shape index (κ2) is 12.2. The molecule has 12 heteroatoms. The normalized spacial score (nSPS) is 15.0. The first kappa shape index (κ1) is 26.6. The molecular weight excluding hydrogens is 476 g/mol. The summed E-state index contributed by atoms with van der Waals surface area (Å²) in [6.45, 7) is 6.28. The third-order valence-corrected chi connectivity index (χ3v) is 6.64. The van der Waals surface area contributed by atoms with E-state index in [1.165, 1.54) is 0 Å². The van der Waals surface area contributed by atoms with Crippen LogP contribution in [0.25, 0.3) is 11.0 Å². The Labute approximate surface area is 216 Å². The number of nitrogens with two attached hydrogens (primary N) is 1. The van der Waals surface area contributed by atoms with Crippen LogP contribution in [-0.4, -0.2) is 68.8 Å². The molecule has 12 nitrogen and oxygen atoms in total.